The number of nitrogens with one attached hydrogen (secondary N) is 1. The van der Waals surface area contributed by atoms with Gasteiger partial charge in [0.05, 0.1) is 0 Å². The van der Waals surface area contributed by atoms with Gasteiger partial charge in [0.1, 0.15) is 5.54 Å². The maximum absolute atomic E-state index is 13.0. The molecule has 19 heavy (non-hydrogen) atoms. The molecule has 0 bridgehead atoms. The lowest BCUT2D eigenvalue weighted by Crippen LogP contribution is -2.55. The minimum Gasteiger partial charge on any atom is -0.341 e. The molecule has 0 spiro atoms. The van der Waals surface area contributed by atoms with Crippen LogP contribution in [-0.2, 0) is 10.3 Å². The van der Waals surface area contributed by atoms with Crippen LogP contribution in [0.15, 0.2) is 18.5 Å². The number of rotatable bonds is 5. The molecule has 0 radical (unpaired) electrons. The van der Waals surface area contributed by atoms with Crippen LogP contribution < -0.4 is 5.32 Å². The van der Waals surface area contributed by atoms with E-state index in [1.165, 1.54) is 0 Å². The van der Waals surface area contributed by atoms with Gasteiger partial charge < -0.3 is 10.2 Å². The molecule has 1 fully saturated rings. The molecule has 0 aromatic carbocycles. The van der Waals surface area contributed by atoms with Crippen molar-refractivity contribution in [1.29, 1.82) is 0 Å². The van der Waals surface area contributed by atoms with Crippen LogP contribution in [0.1, 0.15) is 33.1 Å². The average molecular weight is 264 g/mol. The number of likely N-dealkylation sites (N-methyl/N-ethyl adjacent to an activating group) is 1. The highest BCUT2D eigenvalue weighted by atomic mass is 16.2. The number of carbonyl (C=O) groups excluding carboxylic acids is 1. The van der Waals surface area contributed by atoms with Crippen LogP contribution in [0.5, 0.6) is 0 Å². The van der Waals surface area contributed by atoms with E-state index in [2.05, 4.69) is 17.3 Å². The van der Waals surface area contributed by atoms with Crippen molar-refractivity contribution >= 4 is 5.91 Å². The van der Waals surface area contributed by atoms with Crippen molar-refractivity contribution in [3.8, 4) is 0 Å². The Morgan fingerprint density at radius 2 is 2.16 bits per heavy atom. The van der Waals surface area contributed by atoms with Gasteiger partial charge >= 0.3 is 0 Å². The number of nitrogens with zero attached hydrogens (tertiary/aromatic N) is 3. The van der Waals surface area contributed by atoms with E-state index >= 15 is 0 Å². The smallest absolute Gasteiger partial charge is 0.250 e. The van der Waals surface area contributed by atoms with Gasteiger partial charge in [-0.2, -0.15) is 5.10 Å². The quantitative estimate of drug-likeness (QED) is 0.870. The van der Waals surface area contributed by atoms with Crippen LogP contribution in [-0.4, -0.2) is 46.8 Å². The number of aromatic nitrogens is 2. The molecule has 1 amide bonds. The average Bonchev–Trinajstić information content (AvgIpc) is 2.99. The molecule has 1 saturated heterocycles. The molecule has 0 saturated carbocycles. The van der Waals surface area contributed by atoms with E-state index in [-0.39, 0.29) is 5.91 Å². The van der Waals surface area contributed by atoms with Gasteiger partial charge in [-0.15, -0.1) is 0 Å². The first-order valence-corrected chi connectivity index (χ1v) is 7.25. The van der Waals surface area contributed by atoms with E-state index in [0.29, 0.717) is 0 Å². The highest BCUT2D eigenvalue weighted by Gasteiger charge is 2.43. The Bertz CT molecular complexity index is 396. The lowest BCUT2D eigenvalue weighted by Gasteiger charge is -2.40. The molecule has 106 valence electrons. The summed E-state index contributed by atoms with van der Waals surface area (Å²) in [7, 11) is 0. The molecular formula is C14H24N4O. The van der Waals surface area contributed by atoms with Crippen LogP contribution in [0.4, 0.5) is 0 Å². The van der Waals surface area contributed by atoms with E-state index in [1.807, 2.05) is 28.8 Å². The van der Waals surface area contributed by atoms with Gasteiger partial charge in [0, 0.05) is 25.5 Å². The zero-order valence-corrected chi connectivity index (χ0v) is 11.9. The van der Waals surface area contributed by atoms with Gasteiger partial charge in [-0.3, -0.25) is 9.48 Å². The largest absolute Gasteiger partial charge is 0.341 e. The SMILES string of the molecule is CCCN(CC)C(=O)C1(n2cccn2)CCNCC1. The summed E-state index contributed by atoms with van der Waals surface area (Å²) >= 11 is 0. The molecule has 1 aliphatic heterocycles. The molecule has 1 N–H and O–H groups in total. The molecule has 2 heterocycles. The van der Waals surface area contributed by atoms with Crippen molar-refractivity contribution in [2.75, 3.05) is 26.2 Å². The van der Waals surface area contributed by atoms with Crippen LogP contribution in [0.25, 0.3) is 0 Å². The summed E-state index contributed by atoms with van der Waals surface area (Å²) < 4.78 is 1.87. The Labute approximate surface area is 115 Å². The predicted molar refractivity (Wildman–Crippen MR) is 74.8 cm³/mol. The van der Waals surface area contributed by atoms with Crippen LogP contribution >= 0.6 is 0 Å². The number of hydrogen-bond acceptors (Lipinski definition) is 3. The highest BCUT2D eigenvalue weighted by molar-refractivity contribution is 5.84. The summed E-state index contributed by atoms with van der Waals surface area (Å²) in [5.41, 5.74) is -0.486. The van der Waals surface area contributed by atoms with Gasteiger partial charge in [-0.05, 0) is 45.3 Å². The molecule has 2 rings (SSSR count). The Kier molecular flexibility index (Phi) is 4.58. The number of piperidine rings is 1. The molecule has 0 atom stereocenters. The van der Waals surface area contributed by atoms with E-state index in [1.54, 1.807) is 6.20 Å². The van der Waals surface area contributed by atoms with Gasteiger partial charge in [0.25, 0.3) is 5.91 Å². The number of amides is 1. The minimum absolute atomic E-state index is 0.224. The summed E-state index contributed by atoms with van der Waals surface area (Å²) in [4.78, 5) is 14.9. The third kappa shape index (κ3) is 2.66. The number of carbonyl (C=O) groups is 1. The standard InChI is InChI=1S/C14H24N4O/c1-3-11-17(4-2)13(19)14(6-9-15-10-7-14)18-12-5-8-16-18/h5,8,12,15H,3-4,6-7,9-11H2,1-2H3. The van der Waals surface area contributed by atoms with Crippen molar-refractivity contribution in [1.82, 2.24) is 20.0 Å². The normalized spacial score (nSPS) is 18.2. The predicted octanol–water partition coefficient (Wildman–Crippen LogP) is 1.22. The molecular weight excluding hydrogens is 240 g/mol. The van der Waals surface area contributed by atoms with Crippen molar-refractivity contribution in [3.05, 3.63) is 18.5 Å². The van der Waals surface area contributed by atoms with E-state index in [4.69, 9.17) is 0 Å². The lowest BCUT2D eigenvalue weighted by molar-refractivity contribution is -0.143. The van der Waals surface area contributed by atoms with Gasteiger partial charge in [0.2, 0.25) is 0 Å². The third-order valence-electron chi connectivity index (χ3n) is 3.93. The molecule has 0 aliphatic carbocycles. The fourth-order valence-corrected chi connectivity index (χ4v) is 2.87. The van der Waals surface area contributed by atoms with E-state index in [9.17, 15) is 4.79 Å². The highest BCUT2D eigenvalue weighted by Crippen LogP contribution is 2.29. The molecule has 1 aromatic heterocycles. The summed E-state index contributed by atoms with van der Waals surface area (Å²) in [6.07, 6.45) is 6.30. The van der Waals surface area contributed by atoms with Crippen molar-refractivity contribution in [2.24, 2.45) is 0 Å². The fraction of sp³-hybridized carbons (Fsp3) is 0.714. The lowest BCUT2D eigenvalue weighted by atomic mass is 9.86. The van der Waals surface area contributed by atoms with Crippen LogP contribution in [0, 0.1) is 0 Å². The molecule has 5 heteroatoms. The zero-order chi connectivity index (χ0) is 13.7. The van der Waals surface area contributed by atoms with Crippen molar-refractivity contribution in [3.63, 3.8) is 0 Å². The fourth-order valence-electron chi connectivity index (χ4n) is 2.87. The summed E-state index contributed by atoms with van der Waals surface area (Å²) in [5, 5.41) is 7.68. The van der Waals surface area contributed by atoms with Crippen LogP contribution in [0.3, 0.4) is 0 Å². The maximum atomic E-state index is 13.0. The minimum atomic E-state index is -0.486. The second kappa shape index (κ2) is 6.19. The first-order chi connectivity index (χ1) is 9.24. The Morgan fingerprint density at radius 3 is 2.68 bits per heavy atom. The summed E-state index contributed by atoms with van der Waals surface area (Å²) in [6, 6.07) is 1.90. The van der Waals surface area contributed by atoms with Crippen molar-refractivity contribution in [2.45, 2.75) is 38.6 Å². The molecule has 1 aromatic rings. The topological polar surface area (TPSA) is 50.2 Å². The van der Waals surface area contributed by atoms with E-state index < -0.39 is 5.54 Å². The Balaban J connectivity index is 2.29. The maximum Gasteiger partial charge on any atom is 0.250 e. The Morgan fingerprint density at radius 1 is 1.42 bits per heavy atom. The molecule has 5 nitrogen and oxygen atoms in total. The monoisotopic (exact) mass is 264 g/mol. The second-order valence-electron chi connectivity index (χ2n) is 5.12. The third-order valence-corrected chi connectivity index (χ3v) is 3.93. The second-order valence-corrected chi connectivity index (χ2v) is 5.12. The first kappa shape index (κ1) is 14.1. The van der Waals surface area contributed by atoms with E-state index in [0.717, 1.165) is 45.4 Å². The zero-order valence-electron chi connectivity index (χ0n) is 11.9. The number of hydrogen-bond donors (Lipinski definition) is 1. The van der Waals surface area contributed by atoms with Gasteiger partial charge in [-0.25, -0.2) is 0 Å². The van der Waals surface area contributed by atoms with Crippen molar-refractivity contribution < 1.29 is 4.79 Å². The van der Waals surface area contributed by atoms with Crippen LogP contribution in [0.2, 0.25) is 0 Å². The van der Waals surface area contributed by atoms with Gasteiger partial charge in [0.15, 0.2) is 0 Å². The molecule has 1 aliphatic rings. The van der Waals surface area contributed by atoms with Gasteiger partial charge in [-0.1, -0.05) is 6.92 Å². The summed E-state index contributed by atoms with van der Waals surface area (Å²) in [5.74, 6) is 0.224. The Hall–Kier alpha value is -1.36. The first-order valence-electron chi connectivity index (χ1n) is 7.25. The molecule has 0 unspecified atom stereocenters. The summed E-state index contributed by atoms with van der Waals surface area (Å²) in [6.45, 7) is 7.49.